The van der Waals surface area contributed by atoms with Crippen LogP contribution in [0.3, 0.4) is 0 Å². The van der Waals surface area contributed by atoms with Gasteiger partial charge in [0, 0.05) is 10.7 Å². The van der Waals surface area contributed by atoms with Crippen LogP contribution < -0.4 is 5.32 Å². The first-order chi connectivity index (χ1) is 9.61. The smallest absolute Gasteiger partial charge is 0.326 e. The molecule has 0 aliphatic carbocycles. The fraction of sp³-hybridized carbons (Fsp3) is 0.385. The van der Waals surface area contributed by atoms with Gasteiger partial charge in [0.05, 0.1) is 11.3 Å². The van der Waals surface area contributed by atoms with Gasteiger partial charge in [-0.3, -0.25) is 4.79 Å². The van der Waals surface area contributed by atoms with Gasteiger partial charge in [0.25, 0.3) is 5.91 Å². The molecular weight excluding hydrogens is 362 g/mol. The number of hydrogen-bond acceptors (Lipinski definition) is 4. The Morgan fingerprint density at radius 2 is 2.00 bits per heavy atom. The van der Waals surface area contributed by atoms with Gasteiger partial charge < -0.3 is 10.4 Å². The second kappa shape index (κ2) is 7.04. The highest BCUT2D eigenvalue weighted by Crippen LogP contribution is 2.21. The summed E-state index contributed by atoms with van der Waals surface area (Å²) in [5.41, 5.74) is 1.14. The minimum Gasteiger partial charge on any atom is -0.480 e. The molecule has 1 atom stereocenters. The number of carbonyl (C=O) groups excluding carboxylic acids is 1. The Morgan fingerprint density at radius 1 is 1.38 bits per heavy atom. The minimum absolute atomic E-state index is 0.177. The molecule has 1 aromatic rings. The van der Waals surface area contributed by atoms with Crippen LogP contribution in [0.2, 0.25) is 0 Å². The summed E-state index contributed by atoms with van der Waals surface area (Å²) in [6, 6.07) is 3.79. The van der Waals surface area contributed by atoms with Gasteiger partial charge in [-0.1, -0.05) is 12.1 Å². The SMILES string of the molecule is Cc1cccc(C(=O)NC(CCS(C)(=O)=O)C(=O)O)c1Br. The minimum atomic E-state index is -3.29. The van der Waals surface area contributed by atoms with Crippen LogP contribution in [0.15, 0.2) is 22.7 Å². The Bertz CT molecular complexity index is 657. The number of aliphatic carboxylic acids is 1. The number of carboxylic acids is 1. The summed E-state index contributed by atoms with van der Waals surface area (Å²) in [6.07, 6.45) is 0.841. The van der Waals surface area contributed by atoms with E-state index in [1.54, 1.807) is 25.1 Å². The van der Waals surface area contributed by atoms with Gasteiger partial charge in [0.15, 0.2) is 0 Å². The molecule has 0 aliphatic heterocycles. The van der Waals surface area contributed by atoms with Crippen molar-refractivity contribution in [3.63, 3.8) is 0 Å². The van der Waals surface area contributed by atoms with Crippen molar-refractivity contribution in [1.29, 1.82) is 0 Å². The largest absolute Gasteiger partial charge is 0.480 e. The molecule has 0 bridgehead atoms. The lowest BCUT2D eigenvalue weighted by molar-refractivity contribution is -0.139. The topological polar surface area (TPSA) is 101 Å². The van der Waals surface area contributed by atoms with Crippen LogP contribution in [0.25, 0.3) is 0 Å². The van der Waals surface area contributed by atoms with Crippen LogP contribution in [0.4, 0.5) is 0 Å². The van der Waals surface area contributed by atoms with Crippen LogP contribution >= 0.6 is 15.9 Å². The highest BCUT2D eigenvalue weighted by molar-refractivity contribution is 9.10. The average Bonchev–Trinajstić information content (AvgIpc) is 2.36. The summed E-state index contributed by atoms with van der Waals surface area (Å²) < 4.78 is 22.8. The summed E-state index contributed by atoms with van der Waals surface area (Å²) >= 11 is 3.27. The second-order valence-electron chi connectivity index (χ2n) is 4.72. The van der Waals surface area contributed by atoms with Crippen molar-refractivity contribution in [3.05, 3.63) is 33.8 Å². The molecule has 116 valence electrons. The lowest BCUT2D eigenvalue weighted by atomic mass is 10.1. The molecule has 1 unspecified atom stereocenters. The van der Waals surface area contributed by atoms with Crippen molar-refractivity contribution in [2.24, 2.45) is 0 Å². The van der Waals surface area contributed by atoms with E-state index in [0.29, 0.717) is 10.0 Å². The molecule has 8 heteroatoms. The van der Waals surface area contributed by atoms with Gasteiger partial charge in [-0.2, -0.15) is 0 Å². The maximum atomic E-state index is 12.1. The molecule has 0 fully saturated rings. The fourth-order valence-electron chi connectivity index (χ4n) is 1.65. The second-order valence-corrected chi connectivity index (χ2v) is 7.77. The van der Waals surface area contributed by atoms with Gasteiger partial charge in [0.2, 0.25) is 0 Å². The predicted octanol–water partition coefficient (Wildman–Crippen LogP) is 1.38. The number of benzene rings is 1. The van der Waals surface area contributed by atoms with E-state index in [1.807, 2.05) is 0 Å². The van der Waals surface area contributed by atoms with Crippen molar-refractivity contribution >= 4 is 37.6 Å². The third-order valence-corrected chi connectivity index (χ3v) is 4.85. The molecule has 21 heavy (non-hydrogen) atoms. The Balaban J connectivity index is 2.86. The molecule has 1 rings (SSSR count). The third kappa shape index (κ3) is 5.47. The number of rotatable bonds is 6. The Kier molecular flexibility index (Phi) is 5.91. The molecule has 0 saturated carbocycles. The highest BCUT2D eigenvalue weighted by Gasteiger charge is 2.23. The molecule has 0 aliphatic rings. The van der Waals surface area contributed by atoms with Crippen LogP contribution in [0, 0.1) is 6.92 Å². The van der Waals surface area contributed by atoms with E-state index >= 15 is 0 Å². The van der Waals surface area contributed by atoms with E-state index in [9.17, 15) is 18.0 Å². The quantitative estimate of drug-likeness (QED) is 0.779. The normalized spacial score (nSPS) is 12.7. The summed E-state index contributed by atoms with van der Waals surface area (Å²) in [7, 11) is -3.29. The molecule has 6 nitrogen and oxygen atoms in total. The number of aryl methyl sites for hydroxylation is 1. The maximum Gasteiger partial charge on any atom is 0.326 e. The van der Waals surface area contributed by atoms with Gasteiger partial charge in [-0.05, 0) is 40.9 Å². The molecule has 1 aromatic carbocycles. The van der Waals surface area contributed by atoms with Gasteiger partial charge >= 0.3 is 5.97 Å². The van der Waals surface area contributed by atoms with Crippen molar-refractivity contribution in [3.8, 4) is 0 Å². The van der Waals surface area contributed by atoms with E-state index in [0.717, 1.165) is 11.8 Å². The molecule has 0 spiro atoms. The van der Waals surface area contributed by atoms with Crippen molar-refractivity contribution in [1.82, 2.24) is 5.32 Å². The zero-order valence-corrected chi connectivity index (χ0v) is 14.0. The number of halogens is 1. The Morgan fingerprint density at radius 3 is 2.52 bits per heavy atom. The lowest BCUT2D eigenvalue weighted by Crippen LogP contribution is -2.42. The van der Waals surface area contributed by atoms with E-state index < -0.39 is 27.8 Å². The van der Waals surface area contributed by atoms with E-state index in [1.165, 1.54) is 0 Å². The van der Waals surface area contributed by atoms with Crippen molar-refractivity contribution in [2.45, 2.75) is 19.4 Å². The fourth-order valence-corrected chi connectivity index (χ4v) is 2.76. The van der Waals surface area contributed by atoms with E-state index in [2.05, 4.69) is 21.2 Å². The lowest BCUT2D eigenvalue weighted by Gasteiger charge is -2.15. The van der Waals surface area contributed by atoms with Gasteiger partial charge in [-0.25, -0.2) is 13.2 Å². The zero-order chi connectivity index (χ0) is 16.2. The summed E-state index contributed by atoms with van der Waals surface area (Å²) in [4.78, 5) is 23.2. The number of amides is 1. The maximum absolute atomic E-state index is 12.1. The monoisotopic (exact) mass is 377 g/mol. The number of carbonyl (C=O) groups is 2. The number of sulfone groups is 1. The standard InChI is InChI=1S/C13H16BrNO5S/c1-8-4-3-5-9(11(8)14)12(16)15-10(13(17)18)6-7-21(2,19)20/h3-5,10H,6-7H2,1-2H3,(H,15,16)(H,17,18). The number of hydrogen-bond donors (Lipinski definition) is 2. The Hall–Kier alpha value is -1.41. The molecule has 1 amide bonds. The first-order valence-electron chi connectivity index (χ1n) is 6.08. The van der Waals surface area contributed by atoms with Crippen molar-refractivity contribution < 1.29 is 23.1 Å². The van der Waals surface area contributed by atoms with Gasteiger partial charge in [-0.15, -0.1) is 0 Å². The summed E-state index contributed by atoms with van der Waals surface area (Å²) in [5.74, 6) is -2.14. The molecular formula is C13H16BrNO5S. The van der Waals surface area contributed by atoms with Crippen LogP contribution in [0.5, 0.6) is 0 Å². The third-order valence-electron chi connectivity index (χ3n) is 2.82. The van der Waals surface area contributed by atoms with Crippen molar-refractivity contribution in [2.75, 3.05) is 12.0 Å². The molecule has 0 aromatic heterocycles. The molecule has 2 N–H and O–H groups in total. The summed E-state index contributed by atoms with van der Waals surface area (Å²) in [6.45, 7) is 1.80. The number of nitrogens with one attached hydrogen (secondary N) is 1. The average molecular weight is 378 g/mol. The summed E-state index contributed by atoms with van der Waals surface area (Å²) in [5, 5.41) is 11.4. The van der Waals surface area contributed by atoms with Crippen LogP contribution in [0.1, 0.15) is 22.3 Å². The predicted molar refractivity (Wildman–Crippen MR) is 82.1 cm³/mol. The van der Waals surface area contributed by atoms with E-state index in [-0.39, 0.29) is 12.2 Å². The first kappa shape index (κ1) is 17.6. The number of carboxylic acid groups (broad SMARTS) is 1. The van der Waals surface area contributed by atoms with Crippen LogP contribution in [-0.4, -0.2) is 43.5 Å². The van der Waals surface area contributed by atoms with E-state index in [4.69, 9.17) is 5.11 Å². The molecule has 0 radical (unpaired) electrons. The molecule has 0 saturated heterocycles. The Labute approximate surface area is 131 Å². The first-order valence-corrected chi connectivity index (χ1v) is 8.93. The van der Waals surface area contributed by atoms with Gasteiger partial charge in [0.1, 0.15) is 15.9 Å². The zero-order valence-electron chi connectivity index (χ0n) is 11.6. The molecule has 0 heterocycles. The highest BCUT2D eigenvalue weighted by atomic mass is 79.9. The van der Waals surface area contributed by atoms with Crippen LogP contribution in [-0.2, 0) is 14.6 Å².